The molecule has 7 heteroatoms. The molecule has 0 bridgehead atoms. The minimum atomic E-state index is -1.08. The molecule has 108 valence electrons. The number of carboxylic acid groups (broad SMARTS) is 1. The Morgan fingerprint density at radius 2 is 1.95 bits per heavy atom. The molecular weight excluding hydrogens is 406 g/mol. The molecule has 21 heavy (non-hydrogen) atoms. The average molecular weight is 415 g/mol. The van der Waals surface area contributed by atoms with E-state index in [1.54, 1.807) is 24.3 Å². The largest absolute Gasteiger partial charge is 0.478 e. The highest BCUT2D eigenvalue weighted by Gasteiger charge is 2.09. The van der Waals surface area contributed by atoms with Crippen molar-refractivity contribution in [2.24, 2.45) is 0 Å². The fraction of sp³-hybridized carbons (Fsp3) is 0. The molecule has 1 aromatic heterocycles. The minimum absolute atomic E-state index is 0.0757. The second-order valence-electron chi connectivity index (χ2n) is 3.96. The molecule has 2 N–H and O–H groups in total. The number of hydrogen-bond acceptors (Lipinski definition) is 3. The molecule has 0 saturated carbocycles. The van der Waals surface area contributed by atoms with Gasteiger partial charge < -0.3 is 14.8 Å². The van der Waals surface area contributed by atoms with Crippen molar-refractivity contribution in [3.63, 3.8) is 0 Å². The molecule has 1 heterocycles. The van der Waals surface area contributed by atoms with E-state index in [1.807, 2.05) is 0 Å². The van der Waals surface area contributed by atoms with Crippen molar-refractivity contribution in [2.45, 2.75) is 0 Å². The van der Waals surface area contributed by atoms with Crippen LogP contribution in [0.3, 0.4) is 0 Å². The van der Waals surface area contributed by atoms with E-state index in [9.17, 15) is 9.59 Å². The standard InChI is InChI=1S/C14H9Br2NO4/c15-11-4-1-8(7-10(11)14(19)20)17-13(18)6-3-9-2-5-12(16)21-9/h1-7H,(H,17,18)(H,19,20)/b6-3+. The molecule has 5 nitrogen and oxygen atoms in total. The van der Waals surface area contributed by atoms with Crippen molar-refractivity contribution < 1.29 is 19.1 Å². The fourth-order valence-electron chi connectivity index (χ4n) is 1.53. The first-order valence-corrected chi connectivity index (χ1v) is 7.31. The number of anilines is 1. The van der Waals surface area contributed by atoms with E-state index in [1.165, 1.54) is 18.2 Å². The lowest BCUT2D eigenvalue weighted by atomic mass is 10.2. The van der Waals surface area contributed by atoms with Crippen molar-refractivity contribution in [1.29, 1.82) is 0 Å². The fourth-order valence-corrected chi connectivity index (χ4v) is 2.26. The highest BCUT2D eigenvalue weighted by atomic mass is 79.9. The van der Waals surface area contributed by atoms with E-state index < -0.39 is 5.97 Å². The first-order chi connectivity index (χ1) is 9.95. The summed E-state index contributed by atoms with van der Waals surface area (Å²) in [6.45, 7) is 0. The summed E-state index contributed by atoms with van der Waals surface area (Å²) in [7, 11) is 0. The number of amides is 1. The second-order valence-corrected chi connectivity index (χ2v) is 5.60. The number of rotatable bonds is 4. The Hall–Kier alpha value is -1.86. The zero-order chi connectivity index (χ0) is 15.4. The summed E-state index contributed by atoms with van der Waals surface area (Å²) in [6.07, 6.45) is 2.81. The van der Waals surface area contributed by atoms with E-state index >= 15 is 0 Å². The molecule has 0 fully saturated rings. The predicted molar refractivity (Wildman–Crippen MR) is 85.2 cm³/mol. The molecule has 1 amide bonds. The van der Waals surface area contributed by atoms with Crippen LogP contribution >= 0.6 is 31.9 Å². The van der Waals surface area contributed by atoms with Gasteiger partial charge in [-0.3, -0.25) is 4.79 Å². The van der Waals surface area contributed by atoms with E-state index in [-0.39, 0.29) is 11.5 Å². The van der Waals surface area contributed by atoms with Crippen LogP contribution in [-0.4, -0.2) is 17.0 Å². The Labute approximate surface area is 136 Å². The van der Waals surface area contributed by atoms with E-state index in [0.29, 0.717) is 20.6 Å². The predicted octanol–water partition coefficient (Wildman–Crippen LogP) is 4.15. The van der Waals surface area contributed by atoms with Crippen LogP contribution in [0.4, 0.5) is 5.69 Å². The third kappa shape index (κ3) is 4.30. The summed E-state index contributed by atoms with van der Waals surface area (Å²) in [6, 6.07) is 7.96. The highest BCUT2D eigenvalue weighted by molar-refractivity contribution is 9.10. The number of carboxylic acids is 1. The van der Waals surface area contributed by atoms with Gasteiger partial charge in [-0.15, -0.1) is 0 Å². The number of benzene rings is 1. The molecule has 0 aliphatic heterocycles. The summed E-state index contributed by atoms with van der Waals surface area (Å²) in [5.74, 6) is -0.936. The van der Waals surface area contributed by atoms with Gasteiger partial charge in [0.25, 0.3) is 0 Å². The lowest BCUT2D eigenvalue weighted by Gasteiger charge is -2.05. The van der Waals surface area contributed by atoms with Crippen LogP contribution in [0.1, 0.15) is 16.1 Å². The van der Waals surface area contributed by atoms with Crippen molar-refractivity contribution in [1.82, 2.24) is 0 Å². The summed E-state index contributed by atoms with van der Waals surface area (Å²) < 4.78 is 6.24. The molecule has 0 saturated heterocycles. The van der Waals surface area contributed by atoms with Crippen LogP contribution in [0.15, 0.2) is 50.0 Å². The lowest BCUT2D eigenvalue weighted by Crippen LogP contribution is -2.09. The first-order valence-electron chi connectivity index (χ1n) is 5.73. The topological polar surface area (TPSA) is 79.5 Å². The van der Waals surface area contributed by atoms with Crippen molar-refractivity contribution >= 4 is 55.5 Å². The van der Waals surface area contributed by atoms with Gasteiger partial charge in [0.05, 0.1) is 5.56 Å². The third-order valence-electron chi connectivity index (χ3n) is 2.46. The third-order valence-corrected chi connectivity index (χ3v) is 3.57. The van der Waals surface area contributed by atoms with Gasteiger partial charge in [-0.25, -0.2) is 4.79 Å². The van der Waals surface area contributed by atoms with E-state index in [4.69, 9.17) is 9.52 Å². The maximum Gasteiger partial charge on any atom is 0.336 e. The average Bonchev–Trinajstić information content (AvgIpc) is 2.84. The zero-order valence-electron chi connectivity index (χ0n) is 10.5. The van der Waals surface area contributed by atoms with Crippen LogP contribution in [-0.2, 0) is 4.79 Å². The molecule has 1 aromatic carbocycles. The molecule has 0 atom stereocenters. The number of carbonyl (C=O) groups is 2. The van der Waals surface area contributed by atoms with Gasteiger partial charge in [-0.2, -0.15) is 0 Å². The van der Waals surface area contributed by atoms with Crippen molar-refractivity contribution in [3.05, 3.63) is 56.9 Å². The van der Waals surface area contributed by atoms with Crippen LogP contribution in [0.5, 0.6) is 0 Å². The monoisotopic (exact) mass is 413 g/mol. The summed E-state index contributed by atoms with van der Waals surface area (Å²) in [4.78, 5) is 22.7. The SMILES string of the molecule is O=C(/C=C/c1ccc(Br)o1)Nc1ccc(Br)c(C(=O)O)c1. The van der Waals surface area contributed by atoms with Crippen LogP contribution < -0.4 is 5.32 Å². The normalized spacial score (nSPS) is 10.8. The zero-order valence-corrected chi connectivity index (χ0v) is 13.6. The molecule has 2 rings (SSSR count). The smallest absolute Gasteiger partial charge is 0.336 e. The van der Waals surface area contributed by atoms with Crippen molar-refractivity contribution in [3.8, 4) is 0 Å². The maximum absolute atomic E-state index is 11.7. The number of carbonyl (C=O) groups excluding carboxylic acids is 1. The molecule has 2 aromatic rings. The van der Waals surface area contributed by atoms with Crippen LogP contribution in [0.2, 0.25) is 0 Å². The highest BCUT2D eigenvalue weighted by Crippen LogP contribution is 2.21. The van der Waals surface area contributed by atoms with E-state index in [0.717, 1.165) is 0 Å². The van der Waals surface area contributed by atoms with Gasteiger partial charge in [0.15, 0.2) is 4.67 Å². The molecule has 0 spiro atoms. The van der Waals surface area contributed by atoms with Gasteiger partial charge in [-0.1, -0.05) is 0 Å². The number of halogens is 2. The van der Waals surface area contributed by atoms with Gasteiger partial charge >= 0.3 is 5.97 Å². The Kier molecular flexibility index (Phi) is 4.98. The first kappa shape index (κ1) is 15.5. The maximum atomic E-state index is 11.7. The van der Waals surface area contributed by atoms with Gasteiger partial charge in [0.2, 0.25) is 5.91 Å². The van der Waals surface area contributed by atoms with Crippen LogP contribution in [0, 0.1) is 0 Å². The Morgan fingerprint density at radius 3 is 2.57 bits per heavy atom. The van der Waals surface area contributed by atoms with Gasteiger partial charge in [0, 0.05) is 16.2 Å². The number of furan rings is 1. The molecule has 0 aliphatic carbocycles. The summed E-state index contributed by atoms with van der Waals surface area (Å²) in [5, 5.41) is 11.6. The number of hydrogen-bond donors (Lipinski definition) is 2. The number of aromatic carboxylic acids is 1. The van der Waals surface area contributed by atoms with Crippen LogP contribution in [0.25, 0.3) is 6.08 Å². The molecule has 0 radical (unpaired) electrons. The number of nitrogens with one attached hydrogen (secondary N) is 1. The van der Waals surface area contributed by atoms with Crippen molar-refractivity contribution in [2.75, 3.05) is 5.32 Å². The van der Waals surface area contributed by atoms with Gasteiger partial charge in [-0.05, 0) is 68.3 Å². The second kappa shape index (κ2) is 6.73. The van der Waals surface area contributed by atoms with Gasteiger partial charge in [0.1, 0.15) is 5.76 Å². The Bertz CT molecular complexity index is 722. The minimum Gasteiger partial charge on any atom is -0.478 e. The summed E-state index contributed by atoms with van der Waals surface area (Å²) >= 11 is 6.30. The summed E-state index contributed by atoms with van der Waals surface area (Å²) in [5.41, 5.74) is 0.470. The quantitative estimate of drug-likeness (QED) is 0.736. The Balaban J connectivity index is 2.07. The Morgan fingerprint density at radius 1 is 1.19 bits per heavy atom. The molecule has 0 unspecified atom stereocenters. The molecular formula is C14H9Br2NO4. The van der Waals surface area contributed by atoms with E-state index in [2.05, 4.69) is 37.2 Å². The molecule has 0 aliphatic rings. The lowest BCUT2D eigenvalue weighted by molar-refractivity contribution is -0.111.